The van der Waals surface area contributed by atoms with Crippen LogP contribution in [0.25, 0.3) is 22.3 Å². The standard InChI is InChI=1S/C24H22FN3O4.CH4O3S/c1-3-24(31)14-6-18-21-12(8-28(18)22(29)13(14)9-32-23(24)30)19-16(26)5-4-11-10(2)15(25)7-17(27-21)20(11)19;1-5(2,3)4/h6-7,16,31H,3-5,8-9,26H2,1-2H3;1H3,(H,2,3,4)/t16-,24+;/m1./s1. The second-order valence-electron chi connectivity index (χ2n) is 9.69. The Kier molecular flexibility index (Phi) is 5.79. The van der Waals surface area contributed by atoms with E-state index in [2.05, 4.69) is 0 Å². The number of hydrogen-bond donors (Lipinski definition) is 3. The Bertz CT molecular complexity index is 1670. The third kappa shape index (κ3) is 3.86. The van der Waals surface area contributed by atoms with Crippen LogP contribution in [-0.2, 0) is 44.8 Å². The number of cyclic esters (lactones) is 1. The van der Waals surface area contributed by atoms with Crippen molar-refractivity contribution in [3.05, 3.63) is 61.7 Å². The molecule has 0 spiro atoms. The zero-order valence-corrected chi connectivity index (χ0v) is 21.3. The number of halogens is 1. The normalized spacial score (nSPS) is 21.5. The van der Waals surface area contributed by atoms with Gasteiger partial charge in [-0.15, -0.1) is 0 Å². The largest absolute Gasteiger partial charge is 0.458 e. The predicted octanol–water partition coefficient (Wildman–Crippen LogP) is 1.98. The zero-order valence-electron chi connectivity index (χ0n) is 20.5. The van der Waals surface area contributed by atoms with Gasteiger partial charge in [-0.3, -0.25) is 9.35 Å². The van der Waals surface area contributed by atoms with E-state index in [1.807, 2.05) is 0 Å². The number of aromatic nitrogens is 2. The Morgan fingerprint density at radius 3 is 2.59 bits per heavy atom. The number of carbonyl (C=O) groups excluding carboxylic acids is 1. The highest BCUT2D eigenvalue weighted by Crippen LogP contribution is 2.45. The van der Waals surface area contributed by atoms with Gasteiger partial charge in [-0.25, -0.2) is 14.2 Å². The van der Waals surface area contributed by atoms with E-state index in [9.17, 15) is 27.5 Å². The first-order valence-electron chi connectivity index (χ1n) is 11.8. The maximum Gasteiger partial charge on any atom is 0.343 e. The Balaban J connectivity index is 0.000000514. The Hall–Kier alpha value is -3.19. The van der Waals surface area contributed by atoms with E-state index >= 15 is 0 Å². The molecule has 0 fully saturated rings. The highest BCUT2D eigenvalue weighted by Gasteiger charge is 2.45. The molecule has 1 aromatic carbocycles. The molecule has 0 radical (unpaired) electrons. The molecule has 37 heavy (non-hydrogen) atoms. The summed E-state index contributed by atoms with van der Waals surface area (Å²) in [6.07, 6.45) is 2.15. The van der Waals surface area contributed by atoms with Gasteiger partial charge in [0.2, 0.25) is 0 Å². The average molecular weight is 532 g/mol. The summed E-state index contributed by atoms with van der Waals surface area (Å²) < 4.78 is 47.2. The molecule has 0 saturated carbocycles. The molecule has 2 aromatic heterocycles. The minimum Gasteiger partial charge on any atom is -0.458 e. The third-order valence-electron chi connectivity index (χ3n) is 7.42. The van der Waals surface area contributed by atoms with Gasteiger partial charge in [0.1, 0.15) is 12.4 Å². The summed E-state index contributed by atoms with van der Waals surface area (Å²) in [6, 6.07) is 2.84. The second kappa shape index (κ2) is 8.42. The number of ether oxygens (including phenoxy) is 1. The lowest BCUT2D eigenvalue weighted by Crippen LogP contribution is -2.44. The molecule has 2 atom stereocenters. The Morgan fingerprint density at radius 1 is 1.27 bits per heavy atom. The van der Waals surface area contributed by atoms with Crippen LogP contribution < -0.4 is 11.3 Å². The van der Waals surface area contributed by atoms with E-state index < -0.39 is 21.7 Å². The number of benzene rings is 1. The first kappa shape index (κ1) is 25.5. The van der Waals surface area contributed by atoms with E-state index in [-0.39, 0.29) is 48.1 Å². The maximum absolute atomic E-state index is 14.7. The number of nitrogens with zero attached hydrogens (tertiary/aromatic N) is 2. The fourth-order valence-corrected chi connectivity index (χ4v) is 5.59. The number of fused-ring (bicyclic) bond motifs is 5. The summed E-state index contributed by atoms with van der Waals surface area (Å²) in [4.78, 5) is 30.5. The van der Waals surface area contributed by atoms with Crippen LogP contribution in [0.5, 0.6) is 0 Å². The van der Waals surface area contributed by atoms with Crippen molar-refractivity contribution in [2.75, 3.05) is 6.26 Å². The van der Waals surface area contributed by atoms with Crippen LogP contribution >= 0.6 is 0 Å². The van der Waals surface area contributed by atoms with Crippen LogP contribution in [-0.4, -0.2) is 39.9 Å². The molecule has 1 aliphatic carbocycles. The van der Waals surface area contributed by atoms with Crippen LogP contribution in [0, 0.1) is 12.7 Å². The third-order valence-corrected chi connectivity index (χ3v) is 7.42. The molecule has 0 unspecified atom stereocenters. The maximum atomic E-state index is 14.7. The number of hydrogen-bond acceptors (Lipinski definition) is 8. The summed E-state index contributed by atoms with van der Waals surface area (Å²) in [5.41, 5.74) is 9.72. The van der Waals surface area contributed by atoms with Gasteiger partial charge in [0.05, 0.1) is 35.3 Å². The fourth-order valence-electron chi connectivity index (χ4n) is 5.59. The summed E-state index contributed by atoms with van der Waals surface area (Å²) in [7, 11) is -3.67. The quantitative estimate of drug-likeness (QED) is 0.246. The van der Waals surface area contributed by atoms with Gasteiger partial charge in [-0.05, 0) is 48.9 Å². The van der Waals surface area contributed by atoms with Crippen molar-refractivity contribution >= 4 is 27.0 Å². The minimum absolute atomic E-state index is 0.0731. The number of aryl methyl sites for hydroxylation is 1. The van der Waals surface area contributed by atoms with Crippen LogP contribution in [0.2, 0.25) is 0 Å². The molecule has 0 saturated heterocycles. The first-order chi connectivity index (χ1) is 17.3. The lowest BCUT2D eigenvalue weighted by molar-refractivity contribution is -0.172. The summed E-state index contributed by atoms with van der Waals surface area (Å²) >= 11 is 0. The topological polar surface area (TPSA) is 162 Å². The highest BCUT2D eigenvalue weighted by molar-refractivity contribution is 7.85. The van der Waals surface area contributed by atoms with Crippen LogP contribution in [0.3, 0.4) is 0 Å². The molecule has 3 aliphatic rings. The van der Waals surface area contributed by atoms with Gasteiger partial charge in [0.25, 0.3) is 15.7 Å². The molecule has 196 valence electrons. The van der Waals surface area contributed by atoms with Crippen LogP contribution in [0.4, 0.5) is 4.39 Å². The predicted molar refractivity (Wildman–Crippen MR) is 132 cm³/mol. The van der Waals surface area contributed by atoms with Crippen LogP contribution in [0.15, 0.2) is 16.9 Å². The van der Waals surface area contributed by atoms with Gasteiger partial charge in [0.15, 0.2) is 5.60 Å². The van der Waals surface area contributed by atoms with E-state index in [0.29, 0.717) is 41.6 Å². The molecular formula is C25H26FN3O7S. The smallest absolute Gasteiger partial charge is 0.343 e. The lowest BCUT2D eigenvalue weighted by atomic mass is 9.82. The van der Waals surface area contributed by atoms with Gasteiger partial charge in [-0.1, -0.05) is 6.92 Å². The molecule has 3 aromatic rings. The van der Waals surface area contributed by atoms with Gasteiger partial charge in [0, 0.05) is 28.6 Å². The van der Waals surface area contributed by atoms with Crippen molar-refractivity contribution in [1.29, 1.82) is 0 Å². The van der Waals surface area contributed by atoms with Crippen molar-refractivity contribution < 1.29 is 32.0 Å². The minimum atomic E-state index is -3.67. The molecule has 2 aliphatic heterocycles. The number of nitrogens with two attached hydrogens (primary N) is 1. The average Bonchev–Trinajstić information content (AvgIpc) is 3.18. The van der Waals surface area contributed by atoms with Crippen molar-refractivity contribution in [3.63, 3.8) is 0 Å². The number of aliphatic hydroxyl groups is 1. The van der Waals surface area contributed by atoms with E-state index in [0.717, 1.165) is 22.1 Å². The van der Waals surface area contributed by atoms with Gasteiger partial charge >= 0.3 is 5.97 Å². The highest BCUT2D eigenvalue weighted by atomic mass is 32.2. The van der Waals surface area contributed by atoms with E-state index in [4.69, 9.17) is 20.0 Å². The summed E-state index contributed by atoms with van der Waals surface area (Å²) in [6.45, 7) is 3.55. The molecule has 10 nitrogen and oxygen atoms in total. The monoisotopic (exact) mass is 531 g/mol. The molecule has 0 amide bonds. The van der Waals surface area contributed by atoms with E-state index in [1.165, 1.54) is 6.07 Å². The molecular weight excluding hydrogens is 505 g/mol. The molecule has 4 N–H and O–H groups in total. The van der Waals surface area contributed by atoms with Crippen molar-refractivity contribution in [3.8, 4) is 11.4 Å². The number of esters is 1. The zero-order chi connectivity index (χ0) is 27.0. The number of carbonyl (C=O) groups is 1. The summed E-state index contributed by atoms with van der Waals surface area (Å²) in [5, 5.41) is 11.9. The van der Waals surface area contributed by atoms with Crippen molar-refractivity contribution in [1.82, 2.24) is 9.55 Å². The number of pyridine rings is 2. The first-order valence-corrected chi connectivity index (χ1v) is 13.6. The Labute approximate surface area is 211 Å². The Morgan fingerprint density at radius 2 is 1.95 bits per heavy atom. The fraction of sp³-hybridized carbons (Fsp3) is 0.400. The molecule has 4 heterocycles. The van der Waals surface area contributed by atoms with Crippen LogP contribution in [0.1, 0.15) is 59.2 Å². The second-order valence-corrected chi connectivity index (χ2v) is 11.2. The lowest BCUT2D eigenvalue weighted by Gasteiger charge is -2.31. The molecule has 0 bridgehead atoms. The van der Waals surface area contributed by atoms with Crippen molar-refractivity contribution in [2.45, 2.75) is 57.9 Å². The van der Waals surface area contributed by atoms with Gasteiger partial charge in [-0.2, -0.15) is 8.42 Å². The molecule has 6 rings (SSSR count). The van der Waals surface area contributed by atoms with Crippen molar-refractivity contribution in [2.24, 2.45) is 5.73 Å². The van der Waals surface area contributed by atoms with Gasteiger partial charge < -0.3 is 20.1 Å². The van der Waals surface area contributed by atoms with E-state index in [1.54, 1.807) is 24.5 Å². The SMILES string of the molecule is CC[C@@]1(O)C(=O)OCc2c1cc1n(c2=O)Cc2c-1nc1cc(F)c(C)c3c1c2[C@H](N)CC3.CS(=O)(=O)O. The molecule has 12 heteroatoms. The summed E-state index contributed by atoms with van der Waals surface area (Å²) in [5.74, 6) is -1.08. The number of rotatable bonds is 1.